The molecule has 1 aromatic heterocycles. The third kappa shape index (κ3) is 3.04. The molecule has 0 spiro atoms. The van der Waals surface area contributed by atoms with Crippen LogP contribution in [0, 0.1) is 0 Å². The first-order valence-electron chi connectivity index (χ1n) is 3.80. The molecule has 0 fully saturated rings. The molecule has 0 aliphatic rings. The van der Waals surface area contributed by atoms with Gasteiger partial charge in [0.1, 0.15) is 9.21 Å². The van der Waals surface area contributed by atoms with Crippen molar-refractivity contribution in [2.75, 3.05) is 0 Å². The number of halogens is 2. The maximum atomic E-state index is 10.4. The van der Waals surface area contributed by atoms with E-state index >= 15 is 0 Å². The summed E-state index contributed by atoms with van der Waals surface area (Å²) in [5, 5.41) is 8.57. The summed E-state index contributed by atoms with van der Waals surface area (Å²) in [6.45, 7) is 0. The van der Waals surface area contributed by atoms with E-state index in [1.54, 1.807) is 12.1 Å². The second-order valence-corrected chi connectivity index (χ2v) is 4.28. The van der Waals surface area contributed by atoms with Crippen molar-refractivity contribution in [3.63, 3.8) is 0 Å². The van der Waals surface area contributed by atoms with Gasteiger partial charge < -0.3 is 10.8 Å². The van der Waals surface area contributed by atoms with E-state index in [9.17, 15) is 4.79 Å². The average molecular weight is 324 g/mol. The van der Waals surface area contributed by atoms with Crippen molar-refractivity contribution in [2.45, 2.75) is 12.5 Å². The molecular formula is C8H8Br2N2O2. The Labute approximate surface area is 97.8 Å². The van der Waals surface area contributed by atoms with Crippen LogP contribution in [0.15, 0.2) is 21.3 Å². The Morgan fingerprint density at radius 1 is 1.57 bits per heavy atom. The Bertz CT molecular complexity index is 357. The molecular weight excluding hydrogens is 316 g/mol. The van der Waals surface area contributed by atoms with Gasteiger partial charge in [-0.2, -0.15) is 0 Å². The largest absolute Gasteiger partial charge is 0.481 e. The van der Waals surface area contributed by atoms with E-state index in [-0.39, 0.29) is 6.42 Å². The SMILES string of the molecule is N[C@@H](CC(=O)O)c1ccc(Br)nc1Br. The predicted octanol–water partition coefficient (Wildman–Crippen LogP) is 2.08. The Kier molecular flexibility index (Phi) is 4.03. The molecule has 1 rings (SSSR count). The summed E-state index contributed by atoms with van der Waals surface area (Å²) in [5.41, 5.74) is 6.37. The van der Waals surface area contributed by atoms with Gasteiger partial charge in [0.2, 0.25) is 0 Å². The van der Waals surface area contributed by atoms with Crippen LogP contribution in [0.5, 0.6) is 0 Å². The molecule has 76 valence electrons. The molecule has 1 aromatic rings. The lowest BCUT2D eigenvalue weighted by Crippen LogP contribution is -2.15. The van der Waals surface area contributed by atoms with Crippen molar-refractivity contribution in [2.24, 2.45) is 5.73 Å². The summed E-state index contributed by atoms with van der Waals surface area (Å²) >= 11 is 6.42. The van der Waals surface area contributed by atoms with Crippen LogP contribution in [-0.2, 0) is 4.79 Å². The predicted molar refractivity (Wildman–Crippen MR) is 58.8 cm³/mol. The number of aliphatic carboxylic acids is 1. The molecule has 0 aliphatic carbocycles. The number of aromatic nitrogens is 1. The highest BCUT2D eigenvalue weighted by atomic mass is 79.9. The number of nitrogens with zero attached hydrogens (tertiary/aromatic N) is 1. The zero-order valence-corrected chi connectivity index (χ0v) is 10.2. The minimum Gasteiger partial charge on any atom is -0.481 e. The Morgan fingerprint density at radius 3 is 2.71 bits per heavy atom. The molecule has 0 unspecified atom stereocenters. The lowest BCUT2D eigenvalue weighted by molar-refractivity contribution is -0.137. The van der Waals surface area contributed by atoms with Crippen LogP contribution in [-0.4, -0.2) is 16.1 Å². The normalized spacial score (nSPS) is 12.5. The van der Waals surface area contributed by atoms with Crippen LogP contribution >= 0.6 is 31.9 Å². The van der Waals surface area contributed by atoms with E-state index in [1.807, 2.05) is 0 Å². The maximum absolute atomic E-state index is 10.4. The number of pyridine rings is 1. The van der Waals surface area contributed by atoms with Gasteiger partial charge in [-0.15, -0.1) is 0 Å². The first-order valence-corrected chi connectivity index (χ1v) is 5.38. The van der Waals surface area contributed by atoms with Crippen LogP contribution in [0.25, 0.3) is 0 Å². The fourth-order valence-corrected chi connectivity index (χ4v) is 2.16. The number of rotatable bonds is 3. The molecule has 4 nitrogen and oxygen atoms in total. The van der Waals surface area contributed by atoms with E-state index in [4.69, 9.17) is 10.8 Å². The molecule has 0 amide bonds. The van der Waals surface area contributed by atoms with Crippen molar-refractivity contribution in [1.29, 1.82) is 0 Å². The monoisotopic (exact) mass is 322 g/mol. The fourth-order valence-electron chi connectivity index (χ4n) is 0.998. The summed E-state index contributed by atoms with van der Waals surface area (Å²) in [4.78, 5) is 14.5. The summed E-state index contributed by atoms with van der Waals surface area (Å²) in [7, 11) is 0. The zero-order valence-electron chi connectivity index (χ0n) is 7.08. The number of carboxylic acids is 1. The minimum absolute atomic E-state index is 0.109. The van der Waals surface area contributed by atoms with Gasteiger partial charge in [-0.25, -0.2) is 4.98 Å². The van der Waals surface area contributed by atoms with Gasteiger partial charge in [0.05, 0.1) is 6.42 Å². The first kappa shape index (κ1) is 11.6. The number of hydrogen-bond acceptors (Lipinski definition) is 3. The second-order valence-electron chi connectivity index (χ2n) is 2.72. The molecule has 0 aliphatic heterocycles. The molecule has 6 heteroatoms. The van der Waals surface area contributed by atoms with Crippen molar-refractivity contribution in [3.8, 4) is 0 Å². The first-order chi connectivity index (χ1) is 6.50. The van der Waals surface area contributed by atoms with Gasteiger partial charge >= 0.3 is 5.97 Å². The minimum atomic E-state index is -0.924. The highest BCUT2D eigenvalue weighted by Gasteiger charge is 2.14. The van der Waals surface area contributed by atoms with Crippen LogP contribution in [0.1, 0.15) is 18.0 Å². The van der Waals surface area contributed by atoms with E-state index in [0.717, 1.165) is 0 Å². The number of hydrogen-bond donors (Lipinski definition) is 2. The Balaban J connectivity index is 2.90. The van der Waals surface area contributed by atoms with Gasteiger partial charge in [-0.05, 0) is 37.9 Å². The summed E-state index contributed by atoms with van der Waals surface area (Å²) in [6.07, 6.45) is -0.109. The van der Waals surface area contributed by atoms with E-state index in [0.29, 0.717) is 14.8 Å². The molecule has 1 heterocycles. The second kappa shape index (κ2) is 4.86. The van der Waals surface area contributed by atoms with Crippen molar-refractivity contribution >= 4 is 37.8 Å². The molecule has 14 heavy (non-hydrogen) atoms. The smallest absolute Gasteiger partial charge is 0.305 e. The van der Waals surface area contributed by atoms with Gasteiger partial charge in [0.25, 0.3) is 0 Å². The van der Waals surface area contributed by atoms with Crippen molar-refractivity contribution in [1.82, 2.24) is 4.98 Å². The van der Waals surface area contributed by atoms with Crippen LogP contribution in [0.3, 0.4) is 0 Å². The van der Waals surface area contributed by atoms with Gasteiger partial charge in [-0.3, -0.25) is 4.79 Å². The number of carboxylic acid groups (broad SMARTS) is 1. The molecule has 1 atom stereocenters. The quantitative estimate of drug-likeness (QED) is 0.835. The molecule has 0 saturated carbocycles. The van der Waals surface area contributed by atoms with Crippen LogP contribution < -0.4 is 5.73 Å². The fraction of sp³-hybridized carbons (Fsp3) is 0.250. The third-order valence-corrected chi connectivity index (χ3v) is 2.71. The van der Waals surface area contributed by atoms with Crippen molar-refractivity contribution in [3.05, 3.63) is 26.9 Å². The maximum Gasteiger partial charge on any atom is 0.305 e. The standard InChI is InChI=1S/C8H8Br2N2O2/c9-6-2-1-4(8(10)12-6)5(11)3-7(13)14/h1-2,5H,3,11H2,(H,13,14)/t5-/m0/s1. The van der Waals surface area contributed by atoms with Crippen LogP contribution in [0.2, 0.25) is 0 Å². The van der Waals surface area contributed by atoms with E-state index in [2.05, 4.69) is 36.8 Å². The summed E-state index contributed by atoms with van der Waals surface area (Å²) < 4.78 is 1.25. The zero-order chi connectivity index (χ0) is 10.7. The summed E-state index contributed by atoms with van der Waals surface area (Å²) in [6, 6.07) is 2.93. The average Bonchev–Trinajstić information content (AvgIpc) is 2.01. The molecule has 0 radical (unpaired) electrons. The van der Waals surface area contributed by atoms with Crippen molar-refractivity contribution < 1.29 is 9.90 Å². The van der Waals surface area contributed by atoms with E-state index < -0.39 is 12.0 Å². The van der Waals surface area contributed by atoms with Gasteiger partial charge in [0, 0.05) is 11.6 Å². The Morgan fingerprint density at radius 2 is 2.21 bits per heavy atom. The third-order valence-electron chi connectivity index (χ3n) is 1.64. The highest BCUT2D eigenvalue weighted by Crippen LogP contribution is 2.24. The Hall–Kier alpha value is -0.460. The van der Waals surface area contributed by atoms with E-state index in [1.165, 1.54) is 0 Å². The van der Waals surface area contributed by atoms with Gasteiger partial charge in [0.15, 0.2) is 0 Å². The van der Waals surface area contributed by atoms with Gasteiger partial charge in [-0.1, -0.05) is 6.07 Å². The number of carbonyl (C=O) groups is 1. The lowest BCUT2D eigenvalue weighted by atomic mass is 10.1. The molecule has 0 saturated heterocycles. The summed E-state index contributed by atoms with van der Waals surface area (Å²) in [5.74, 6) is -0.924. The number of nitrogens with two attached hydrogens (primary N) is 1. The molecule has 3 N–H and O–H groups in total. The topological polar surface area (TPSA) is 76.2 Å². The lowest BCUT2D eigenvalue weighted by Gasteiger charge is -2.10. The van der Waals surface area contributed by atoms with Crippen LogP contribution in [0.4, 0.5) is 0 Å². The molecule has 0 bridgehead atoms. The molecule has 0 aromatic carbocycles. The highest BCUT2D eigenvalue weighted by molar-refractivity contribution is 9.11.